The van der Waals surface area contributed by atoms with Gasteiger partial charge in [0.25, 0.3) is 0 Å². The predicted molar refractivity (Wildman–Crippen MR) is 70.9 cm³/mol. The molecule has 3 heterocycles. The molecule has 0 atom stereocenters. The lowest BCUT2D eigenvalue weighted by Gasteiger charge is -1.99. The smallest absolute Gasteiger partial charge is 0.152 e. The first-order chi connectivity index (χ1) is 8.16. The van der Waals surface area contributed by atoms with Crippen molar-refractivity contribution >= 4 is 38.6 Å². The number of rotatable bonds is 1. The summed E-state index contributed by atoms with van der Waals surface area (Å²) in [6.07, 6.45) is 1.44. The van der Waals surface area contributed by atoms with Crippen molar-refractivity contribution in [2.24, 2.45) is 0 Å². The molecule has 0 radical (unpaired) electrons. The van der Waals surface area contributed by atoms with Crippen molar-refractivity contribution < 1.29 is 0 Å². The molecule has 3 aromatic heterocycles. The van der Waals surface area contributed by atoms with Crippen LogP contribution in [0, 0.1) is 6.92 Å². The number of fused-ring (bicyclic) bond motifs is 1. The second-order valence-corrected chi connectivity index (χ2v) is 5.45. The molecule has 0 unspecified atom stereocenters. The zero-order valence-corrected chi connectivity index (χ0v) is 11.3. The van der Waals surface area contributed by atoms with E-state index in [2.05, 4.69) is 31.0 Å². The van der Waals surface area contributed by atoms with Gasteiger partial charge in [-0.2, -0.15) is 5.10 Å². The highest BCUT2D eigenvalue weighted by atomic mass is 79.9. The second-order valence-electron chi connectivity index (χ2n) is 3.53. The van der Waals surface area contributed by atoms with Crippen LogP contribution in [-0.4, -0.2) is 19.6 Å². The molecule has 7 heteroatoms. The minimum atomic E-state index is 0.449. The van der Waals surface area contributed by atoms with Crippen LogP contribution in [0.1, 0.15) is 5.01 Å². The summed E-state index contributed by atoms with van der Waals surface area (Å²) < 4.78 is 2.62. The van der Waals surface area contributed by atoms with Crippen molar-refractivity contribution in [1.29, 1.82) is 0 Å². The number of anilines is 1. The number of nitrogens with two attached hydrogens (primary N) is 1. The standard InChI is InChI=1S/C10H8BrN5S/c1-5-15-7(3-17-5)8-2-6(11)9-10(12)13-4-14-16(8)9/h2-4H,1H3,(H2,12,13,14). The zero-order valence-electron chi connectivity index (χ0n) is 8.88. The van der Waals surface area contributed by atoms with Crippen LogP contribution in [-0.2, 0) is 0 Å². The van der Waals surface area contributed by atoms with Crippen LogP contribution in [0.2, 0.25) is 0 Å². The molecule has 5 nitrogen and oxygen atoms in total. The van der Waals surface area contributed by atoms with Gasteiger partial charge in [-0.25, -0.2) is 14.5 Å². The number of nitrogen functional groups attached to an aromatic ring is 1. The molecule has 0 bridgehead atoms. The maximum absolute atomic E-state index is 5.83. The SMILES string of the molecule is Cc1nc(-c2cc(Br)c3c(N)ncnn23)cs1. The molecular formula is C10H8BrN5S. The molecule has 0 saturated carbocycles. The van der Waals surface area contributed by atoms with Gasteiger partial charge in [0.2, 0.25) is 0 Å². The molecular weight excluding hydrogens is 302 g/mol. The van der Waals surface area contributed by atoms with Crippen molar-refractivity contribution in [3.8, 4) is 11.4 Å². The van der Waals surface area contributed by atoms with Gasteiger partial charge in [-0.15, -0.1) is 11.3 Å². The van der Waals surface area contributed by atoms with Gasteiger partial charge in [0.15, 0.2) is 5.82 Å². The minimum Gasteiger partial charge on any atom is -0.382 e. The molecule has 0 aliphatic carbocycles. The molecule has 0 aromatic carbocycles. The van der Waals surface area contributed by atoms with Crippen molar-refractivity contribution in [1.82, 2.24) is 19.6 Å². The van der Waals surface area contributed by atoms with Gasteiger partial charge in [-0.05, 0) is 28.9 Å². The molecule has 0 amide bonds. The third kappa shape index (κ3) is 1.62. The van der Waals surface area contributed by atoms with Crippen LogP contribution < -0.4 is 5.73 Å². The fourth-order valence-electron chi connectivity index (χ4n) is 1.69. The van der Waals surface area contributed by atoms with E-state index in [4.69, 9.17) is 5.73 Å². The average Bonchev–Trinajstić information content (AvgIpc) is 2.84. The van der Waals surface area contributed by atoms with Crippen LogP contribution in [0.25, 0.3) is 16.9 Å². The van der Waals surface area contributed by atoms with Crippen LogP contribution in [0.15, 0.2) is 22.2 Å². The Hall–Kier alpha value is -1.47. The van der Waals surface area contributed by atoms with Crippen molar-refractivity contribution in [3.63, 3.8) is 0 Å². The van der Waals surface area contributed by atoms with Crippen LogP contribution in [0.5, 0.6) is 0 Å². The van der Waals surface area contributed by atoms with E-state index in [1.165, 1.54) is 6.33 Å². The normalized spacial score (nSPS) is 11.2. The summed E-state index contributed by atoms with van der Waals surface area (Å²) in [6, 6.07) is 1.95. The van der Waals surface area contributed by atoms with E-state index in [-0.39, 0.29) is 0 Å². The fraction of sp³-hybridized carbons (Fsp3) is 0.100. The Morgan fingerprint density at radius 1 is 1.47 bits per heavy atom. The number of thiazole rings is 1. The number of hydrogen-bond acceptors (Lipinski definition) is 5. The lowest BCUT2D eigenvalue weighted by molar-refractivity contribution is 0.910. The number of hydrogen-bond donors (Lipinski definition) is 1. The van der Waals surface area contributed by atoms with Crippen molar-refractivity contribution in [2.45, 2.75) is 6.92 Å². The highest BCUT2D eigenvalue weighted by Gasteiger charge is 2.14. The highest BCUT2D eigenvalue weighted by molar-refractivity contribution is 9.10. The van der Waals surface area contributed by atoms with Gasteiger partial charge in [-0.3, -0.25) is 0 Å². The van der Waals surface area contributed by atoms with Crippen molar-refractivity contribution in [2.75, 3.05) is 5.73 Å². The summed E-state index contributed by atoms with van der Waals surface area (Å²) in [5.41, 5.74) is 8.41. The maximum atomic E-state index is 5.83. The van der Waals surface area contributed by atoms with Gasteiger partial charge in [0.1, 0.15) is 11.8 Å². The lowest BCUT2D eigenvalue weighted by atomic mass is 10.3. The Bertz CT molecular complexity index is 702. The quantitative estimate of drug-likeness (QED) is 0.750. The maximum Gasteiger partial charge on any atom is 0.152 e. The minimum absolute atomic E-state index is 0.449. The van der Waals surface area contributed by atoms with Gasteiger partial charge < -0.3 is 5.73 Å². The summed E-state index contributed by atoms with van der Waals surface area (Å²) in [5, 5.41) is 7.23. The Balaban J connectivity index is 2.35. The molecule has 0 aliphatic rings. The molecule has 3 rings (SSSR count). The Kier molecular flexibility index (Phi) is 2.37. The van der Waals surface area contributed by atoms with E-state index in [0.717, 1.165) is 26.4 Å². The van der Waals surface area contributed by atoms with Crippen molar-refractivity contribution in [3.05, 3.63) is 27.3 Å². The average molecular weight is 310 g/mol. The molecule has 86 valence electrons. The zero-order chi connectivity index (χ0) is 12.0. The summed E-state index contributed by atoms with van der Waals surface area (Å²) >= 11 is 5.07. The fourth-order valence-corrected chi connectivity index (χ4v) is 2.88. The molecule has 0 saturated heterocycles. The van der Waals surface area contributed by atoms with Crippen LogP contribution in [0.3, 0.4) is 0 Å². The number of halogens is 1. The Labute approximate surface area is 109 Å². The molecule has 3 aromatic rings. The number of aryl methyl sites for hydroxylation is 1. The van der Waals surface area contributed by atoms with E-state index < -0.39 is 0 Å². The topological polar surface area (TPSA) is 69.1 Å². The van der Waals surface area contributed by atoms with Gasteiger partial charge in [0, 0.05) is 9.85 Å². The summed E-state index contributed by atoms with van der Waals surface area (Å²) in [6.45, 7) is 1.97. The molecule has 0 spiro atoms. The lowest BCUT2D eigenvalue weighted by Crippen LogP contribution is -2.00. The third-order valence-electron chi connectivity index (χ3n) is 2.42. The molecule has 17 heavy (non-hydrogen) atoms. The Morgan fingerprint density at radius 2 is 2.29 bits per heavy atom. The van der Waals surface area contributed by atoms with E-state index in [0.29, 0.717) is 5.82 Å². The first-order valence-electron chi connectivity index (χ1n) is 4.87. The summed E-state index contributed by atoms with van der Waals surface area (Å²) in [5.74, 6) is 0.449. The predicted octanol–water partition coefficient (Wildman–Crippen LogP) is 2.51. The van der Waals surface area contributed by atoms with Crippen LogP contribution in [0.4, 0.5) is 5.82 Å². The molecule has 0 aliphatic heterocycles. The number of nitrogens with zero attached hydrogens (tertiary/aromatic N) is 4. The van der Waals surface area contributed by atoms with E-state index in [1.54, 1.807) is 15.9 Å². The number of aromatic nitrogens is 4. The van der Waals surface area contributed by atoms with E-state index in [1.807, 2.05) is 18.4 Å². The first-order valence-corrected chi connectivity index (χ1v) is 6.54. The Morgan fingerprint density at radius 3 is 3.00 bits per heavy atom. The van der Waals surface area contributed by atoms with Crippen LogP contribution >= 0.6 is 27.3 Å². The van der Waals surface area contributed by atoms with Gasteiger partial charge in [0.05, 0.1) is 16.4 Å². The summed E-state index contributed by atoms with van der Waals surface area (Å²) in [7, 11) is 0. The van der Waals surface area contributed by atoms with E-state index >= 15 is 0 Å². The largest absolute Gasteiger partial charge is 0.382 e. The second kappa shape index (κ2) is 3.78. The molecule has 0 fully saturated rings. The molecule has 2 N–H and O–H groups in total. The third-order valence-corrected chi connectivity index (χ3v) is 3.80. The van der Waals surface area contributed by atoms with E-state index in [9.17, 15) is 0 Å². The first kappa shape index (κ1) is 10.7. The monoisotopic (exact) mass is 309 g/mol. The highest BCUT2D eigenvalue weighted by Crippen LogP contribution is 2.31. The van der Waals surface area contributed by atoms with Gasteiger partial charge in [-0.1, -0.05) is 0 Å². The van der Waals surface area contributed by atoms with Gasteiger partial charge >= 0.3 is 0 Å². The summed E-state index contributed by atoms with van der Waals surface area (Å²) in [4.78, 5) is 8.43.